The van der Waals surface area contributed by atoms with Crippen LogP contribution in [-0.4, -0.2) is 49.0 Å². The van der Waals surface area contributed by atoms with Gasteiger partial charge < -0.3 is 15.3 Å². The summed E-state index contributed by atoms with van der Waals surface area (Å²) in [6.45, 7) is 2.26. The highest BCUT2D eigenvalue weighted by atomic mass is 32.2. The van der Waals surface area contributed by atoms with Gasteiger partial charge in [0.25, 0.3) is 0 Å². The highest BCUT2D eigenvalue weighted by molar-refractivity contribution is 7.89. The maximum atomic E-state index is 12.1. The van der Waals surface area contributed by atoms with Crippen LogP contribution in [0.5, 0.6) is 0 Å². The van der Waals surface area contributed by atoms with Crippen LogP contribution in [0.15, 0.2) is 17.0 Å². The summed E-state index contributed by atoms with van der Waals surface area (Å²) >= 11 is 0. The average molecular weight is 303 g/mol. The van der Waals surface area contributed by atoms with E-state index in [0.29, 0.717) is 11.1 Å². The van der Waals surface area contributed by atoms with Crippen LogP contribution in [0.1, 0.15) is 21.5 Å². The number of sulfonamides is 1. The number of aliphatic hydroxyl groups is 2. The van der Waals surface area contributed by atoms with Crippen LogP contribution < -0.4 is 4.72 Å². The van der Waals surface area contributed by atoms with Crippen LogP contribution >= 0.6 is 0 Å². The molecule has 0 heterocycles. The molecule has 0 spiro atoms. The molecule has 0 aromatic heterocycles. The molecule has 0 saturated heterocycles. The zero-order valence-corrected chi connectivity index (χ0v) is 11.9. The van der Waals surface area contributed by atoms with E-state index in [0.717, 1.165) is 6.07 Å². The Morgan fingerprint density at radius 1 is 1.35 bits per heavy atom. The Labute approximate surface area is 116 Å². The topological polar surface area (TPSA) is 124 Å². The third-order valence-electron chi connectivity index (χ3n) is 2.88. The summed E-state index contributed by atoms with van der Waals surface area (Å²) in [5.74, 6) is -1.22. The minimum atomic E-state index is -3.96. The van der Waals surface area contributed by atoms with Crippen LogP contribution in [-0.2, 0) is 10.0 Å². The SMILES string of the molecule is Cc1cc(C(=O)O)cc(S(=O)(=O)NCC(O)CO)c1C. The lowest BCUT2D eigenvalue weighted by Crippen LogP contribution is -2.34. The van der Waals surface area contributed by atoms with Crippen molar-refractivity contribution in [2.45, 2.75) is 24.8 Å². The number of aryl methyl sites for hydroxylation is 1. The van der Waals surface area contributed by atoms with Gasteiger partial charge in [-0.25, -0.2) is 17.9 Å². The molecule has 7 nitrogen and oxygen atoms in total. The zero-order valence-electron chi connectivity index (χ0n) is 11.1. The Kier molecular flexibility index (Phi) is 5.23. The van der Waals surface area contributed by atoms with Crippen LogP contribution in [0.2, 0.25) is 0 Å². The van der Waals surface area contributed by atoms with Gasteiger partial charge in [-0.3, -0.25) is 0 Å². The third-order valence-corrected chi connectivity index (χ3v) is 4.43. The van der Waals surface area contributed by atoms with Crippen molar-refractivity contribution in [3.05, 3.63) is 28.8 Å². The second-order valence-corrected chi connectivity index (χ2v) is 6.15. The summed E-state index contributed by atoms with van der Waals surface area (Å²) in [7, 11) is -3.96. The molecule has 4 N–H and O–H groups in total. The standard InChI is InChI=1S/C12H17NO6S/c1-7-3-9(12(16)17)4-11(8(7)2)20(18,19)13-5-10(15)6-14/h3-4,10,13-15H,5-6H2,1-2H3,(H,16,17). The molecule has 0 aliphatic rings. The molecular formula is C12H17NO6S. The molecule has 1 aromatic rings. The first-order chi connectivity index (χ1) is 9.19. The number of rotatable bonds is 6. The van der Waals surface area contributed by atoms with Gasteiger partial charge in [-0.15, -0.1) is 0 Å². The quantitative estimate of drug-likeness (QED) is 0.568. The Morgan fingerprint density at radius 2 is 1.95 bits per heavy atom. The van der Waals surface area contributed by atoms with E-state index in [1.165, 1.54) is 6.07 Å². The molecule has 112 valence electrons. The van der Waals surface area contributed by atoms with E-state index in [1.807, 2.05) is 0 Å². The predicted molar refractivity (Wildman–Crippen MR) is 71.2 cm³/mol. The van der Waals surface area contributed by atoms with Crippen molar-refractivity contribution in [1.29, 1.82) is 0 Å². The van der Waals surface area contributed by atoms with E-state index in [-0.39, 0.29) is 17.0 Å². The monoisotopic (exact) mass is 303 g/mol. The summed E-state index contributed by atoms with van der Waals surface area (Å²) in [6, 6.07) is 2.46. The average Bonchev–Trinajstić information content (AvgIpc) is 2.38. The number of benzene rings is 1. The minimum absolute atomic E-state index is 0.129. The Bertz CT molecular complexity index is 611. The molecule has 0 bridgehead atoms. The number of aliphatic hydroxyl groups excluding tert-OH is 2. The van der Waals surface area contributed by atoms with E-state index in [1.54, 1.807) is 13.8 Å². The van der Waals surface area contributed by atoms with Crippen molar-refractivity contribution in [1.82, 2.24) is 4.72 Å². The second kappa shape index (κ2) is 6.31. The third kappa shape index (κ3) is 3.76. The van der Waals surface area contributed by atoms with Crippen molar-refractivity contribution < 1.29 is 28.5 Å². The minimum Gasteiger partial charge on any atom is -0.478 e. The summed E-state index contributed by atoms with van der Waals surface area (Å²) in [5.41, 5.74) is 0.838. The molecule has 1 rings (SSSR count). The lowest BCUT2D eigenvalue weighted by molar-refractivity contribution is 0.0696. The molecule has 1 aromatic carbocycles. The molecule has 0 saturated carbocycles. The first-order valence-corrected chi connectivity index (χ1v) is 7.30. The van der Waals surface area contributed by atoms with Crippen LogP contribution in [0.4, 0.5) is 0 Å². The first-order valence-electron chi connectivity index (χ1n) is 5.82. The highest BCUT2D eigenvalue weighted by Gasteiger charge is 2.21. The number of hydrogen-bond acceptors (Lipinski definition) is 5. The molecule has 8 heteroatoms. The summed E-state index contributed by atoms with van der Waals surface area (Å²) in [4.78, 5) is 10.8. The van der Waals surface area contributed by atoms with Crippen LogP contribution in [0, 0.1) is 13.8 Å². The smallest absolute Gasteiger partial charge is 0.335 e. The summed E-state index contributed by atoms with van der Waals surface area (Å²) in [6.07, 6.45) is -1.21. The van der Waals surface area contributed by atoms with E-state index in [2.05, 4.69) is 4.72 Å². The number of hydrogen-bond donors (Lipinski definition) is 4. The van der Waals surface area contributed by atoms with Crippen LogP contribution in [0.25, 0.3) is 0 Å². The molecule has 20 heavy (non-hydrogen) atoms. The van der Waals surface area contributed by atoms with E-state index >= 15 is 0 Å². The molecule has 0 amide bonds. The Hall–Kier alpha value is -1.48. The van der Waals surface area contributed by atoms with E-state index in [9.17, 15) is 13.2 Å². The molecule has 0 radical (unpaired) electrons. The predicted octanol–water partition coefficient (Wildman–Crippen LogP) is -0.367. The Morgan fingerprint density at radius 3 is 2.45 bits per heavy atom. The molecule has 1 unspecified atom stereocenters. The van der Waals surface area contributed by atoms with E-state index in [4.69, 9.17) is 15.3 Å². The van der Waals surface area contributed by atoms with E-state index < -0.39 is 28.7 Å². The lowest BCUT2D eigenvalue weighted by atomic mass is 10.1. The van der Waals surface area contributed by atoms with Gasteiger partial charge in [-0.2, -0.15) is 0 Å². The second-order valence-electron chi connectivity index (χ2n) is 4.41. The molecule has 1 atom stereocenters. The summed E-state index contributed by atoms with van der Waals surface area (Å²) < 4.78 is 26.3. The molecule has 0 aliphatic heterocycles. The van der Waals surface area contributed by atoms with Crippen molar-refractivity contribution in [3.63, 3.8) is 0 Å². The Balaban J connectivity index is 3.20. The number of carboxylic acid groups (broad SMARTS) is 1. The van der Waals surface area contributed by atoms with Crippen molar-refractivity contribution >= 4 is 16.0 Å². The normalized spacial score (nSPS) is 13.2. The fraction of sp³-hybridized carbons (Fsp3) is 0.417. The van der Waals surface area contributed by atoms with Crippen molar-refractivity contribution in [2.24, 2.45) is 0 Å². The maximum absolute atomic E-state index is 12.1. The largest absolute Gasteiger partial charge is 0.478 e. The van der Waals surface area contributed by atoms with Gasteiger partial charge in [-0.1, -0.05) is 0 Å². The fourth-order valence-corrected chi connectivity index (χ4v) is 2.99. The zero-order chi connectivity index (χ0) is 15.5. The van der Waals surface area contributed by atoms with Gasteiger partial charge in [0, 0.05) is 6.54 Å². The lowest BCUT2D eigenvalue weighted by Gasteiger charge is -2.13. The highest BCUT2D eigenvalue weighted by Crippen LogP contribution is 2.21. The molecule has 0 fully saturated rings. The fourth-order valence-electron chi connectivity index (χ4n) is 1.58. The van der Waals surface area contributed by atoms with Gasteiger partial charge in [0.05, 0.1) is 23.2 Å². The maximum Gasteiger partial charge on any atom is 0.335 e. The number of aromatic carboxylic acids is 1. The van der Waals surface area contributed by atoms with Crippen molar-refractivity contribution in [3.8, 4) is 0 Å². The molecular weight excluding hydrogens is 286 g/mol. The van der Waals surface area contributed by atoms with Gasteiger partial charge in [0.1, 0.15) is 0 Å². The van der Waals surface area contributed by atoms with Gasteiger partial charge in [0.15, 0.2) is 0 Å². The first kappa shape index (κ1) is 16.6. The van der Waals surface area contributed by atoms with Gasteiger partial charge in [0.2, 0.25) is 10.0 Å². The number of carboxylic acids is 1. The number of carbonyl (C=O) groups is 1. The van der Waals surface area contributed by atoms with Crippen LogP contribution in [0.3, 0.4) is 0 Å². The van der Waals surface area contributed by atoms with Gasteiger partial charge >= 0.3 is 5.97 Å². The summed E-state index contributed by atoms with van der Waals surface area (Å²) in [5, 5.41) is 26.8. The molecule has 0 aliphatic carbocycles. The number of nitrogens with one attached hydrogen (secondary N) is 1. The van der Waals surface area contributed by atoms with Crippen molar-refractivity contribution in [2.75, 3.05) is 13.2 Å². The van der Waals surface area contributed by atoms with Gasteiger partial charge in [-0.05, 0) is 37.1 Å².